The Morgan fingerprint density at radius 3 is 2.49 bits per heavy atom. The first-order chi connectivity index (χ1) is 18.3. The number of methoxy groups -OCH3 is 1. The summed E-state index contributed by atoms with van der Waals surface area (Å²) in [6.07, 6.45) is -4.50. The second kappa shape index (κ2) is 14.5. The molecule has 0 aliphatic rings. The summed E-state index contributed by atoms with van der Waals surface area (Å²) < 4.78 is 87.4. The van der Waals surface area contributed by atoms with Gasteiger partial charge in [-0.2, -0.15) is 26.3 Å². The predicted molar refractivity (Wildman–Crippen MR) is 139 cm³/mol. The Bertz CT molecular complexity index is 1210. The van der Waals surface area contributed by atoms with Gasteiger partial charge in [0.2, 0.25) is 5.88 Å². The molecule has 1 N–H and O–H groups in total. The summed E-state index contributed by atoms with van der Waals surface area (Å²) in [5.41, 5.74) is -1.13. The molecular formula is C24H31ClF3N3O7S. The van der Waals surface area contributed by atoms with E-state index in [0.717, 1.165) is 4.90 Å². The third-order valence-electron chi connectivity index (χ3n) is 4.97. The van der Waals surface area contributed by atoms with Crippen molar-refractivity contribution in [3.63, 3.8) is 0 Å². The third-order valence-corrected chi connectivity index (χ3v) is 6.16. The average Bonchev–Trinajstić information content (AvgIpc) is 2.83. The minimum absolute atomic E-state index is 0.0322. The Morgan fingerprint density at radius 2 is 1.90 bits per heavy atom. The van der Waals surface area contributed by atoms with Crippen LogP contribution < -0.4 is 19.1 Å². The highest BCUT2D eigenvalue weighted by molar-refractivity contribution is 7.85. The summed E-state index contributed by atoms with van der Waals surface area (Å²) in [6, 6.07) is 5.03. The zero-order valence-corrected chi connectivity index (χ0v) is 23.5. The van der Waals surface area contributed by atoms with Crippen molar-refractivity contribution in [3.05, 3.63) is 41.0 Å². The number of pyridine rings is 1. The fourth-order valence-electron chi connectivity index (χ4n) is 3.12. The van der Waals surface area contributed by atoms with Gasteiger partial charge in [0.05, 0.1) is 12.2 Å². The van der Waals surface area contributed by atoms with Crippen LogP contribution in [0.25, 0.3) is 0 Å². The third kappa shape index (κ3) is 10.0. The number of halogens is 4. The van der Waals surface area contributed by atoms with E-state index in [1.807, 2.05) is 13.8 Å². The van der Waals surface area contributed by atoms with E-state index in [0.29, 0.717) is 25.1 Å². The maximum absolute atomic E-state index is 13.1. The number of hydrogen-bond acceptors (Lipinski definition) is 8. The highest BCUT2D eigenvalue weighted by Gasteiger charge is 2.33. The molecule has 1 aromatic carbocycles. The van der Waals surface area contributed by atoms with Gasteiger partial charge in [0.1, 0.15) is 23.1 Å². The largest absolute Gasteiger partial charge is 0.489 e. The molecule has 0 spiro atoms. The van der Waals surface area contributed by atoms with Crippen molar-refractivity contribution in [2.24, 2.45) is 5.92 Å². The van der Waals surface area contributed by atoms with Gasteiger partial charge in [0.15, 0.2) is 5.75 Å². The first-order valence-corrected chi connectivity index (χ1v) is 13.7. The molecule has 1 heterocycles. The molecule has 0 bridgehead atoms. The fraction of sp³-hybridized carbons (Fsp3) is 0.500. The molecule has 0 saturated heterocycles. The summed E-state index contributed by atoms with van der Waals surface area (Å²) in [4.78, 5) is 17.8. The number of aromatic nitrogens is 1. The quantitative estimate of drug-likeness (QED) is 0.271. The minimum Gasteiger partial charge on any atom is -0.489 e. The lowest BCUT2D eigenvalue weighted by molar-refractivity contribution is -0.137. The van der Waals surface area contributed by atoms with Gasteiger partial charge < -0.3 is 18.4 Å². The Balaban J connectivity index is 2.49. The number of amides is 1. The molecule has 0 unspecified atom stereocenters. The van der Waals surface area contributed by atoms with E-state index in [9.17, 15) is 26.4 Å². The van der Waals surface area contributed by atoms with Crippen LogP contribution in [0.1, 0.15) is 39.2 Å². The van der Waals surface area contributed by atoms with E-state index in [4.69, 9.17) is 30.0 Å². The summed E-state index contributed by atoms with van der Waals surface area (Å²) >= 11 is 6.01. The van der Waals surface area contributed by atoms with E-state index >= 15 is 0 Å². The van der Waals surface area contributed by atoms with Crippen LogP contribution in [0.5, 0.6) is 17.4 Å². The van der Waals surface area contributed by atoms with Crippen molar-refractivity contribution in [1.29, 1.82) is 0 Å². The van der Waals surface area contributed by atoms with E-state index in [1.54, 1.807) is 6.92 Å². The van der Waals surface area contributed by atoms with Crippen LogP contribution >= 0.6 is 11.6 Å². The van der Waals surface area contributed by atoms with Crippen LogP contribution in [0.4, 0.5) is 23.7 Å². The average molecular weight is 598 g/mol. The molecule has 0 aliphatic carbocycles. The Hall–Kier alpha value is -2.81. The number of anilines is 1. The lowest BCUT2D eigenvalue weighted by Crippen LogP contribution is -2.38. The monoisotopic (exact) mass is 597 g/mol. The summed E-state index contributed by atoms with van der Waals surface area (Å²) in [6.45, 7) is 5.81. The fourth-order valence-corrected chi connectivity index (χ4v) is 4.03. The van der Waals surface area contributed by atoms with Crippen LogP contribution in [-0.2, 0) is 25.4 Å². The van der Waals surface area contributed by atoms with Crippen LogP contribution in [0.3, 0.4) is 0 Å². The Morgan fingerprint density at radius 1 is 1.21 bits per heavy atom. The van der Waals surface area contributed by atoms with Crippen LogP contribution in [-0.4, -0.2) is 52.9 Å². The number of ether oxygens (including phenoxy) is 3. The first-order valence-electron chi connectivity index (χ1n) is 11.9. The SMILES string of the molecule is CCCN(C(=O)OS(=O)(=O)NCCC(C)C)c1c(OCCOC)cccc1Oc1ncc(C(F)(F)F)cc1Cl. The topological polar surface area (TPSA) is 116 Å². The molecule has 2 rings (SSSR count). The maximum atomic E-state index is 13.1. The van der Waals surface area contributed by atoms with E-state index in [2.05, 4.69) is 9.71 Å². The molecule has 15 heteroatoms. The van der Waals surface area contributed by atoms with Crippen LogP contribution in [0.15, 0.2) is 30.5 Å². The summed E-state index contributed by atoms with van der Waals surface area (Å²) in [5.74, 6) is -0.188. The van der Waals surface area contributed by atoms with Gasteiger partial charge in [-0.1, -0.05) is 38.4 Å². The molecular weight excluding hydrogens is 567 g/mol. The van der Waals surface area contributed by atoms with Crippen molar-refractivity contribution in [3.8, 4) is 17.4 Å². The number of carbonyl (C=O) groups is 1. The van der Waals surface area contributed by atoms with E-state index < -0.39 is 33.2 Å². The summed E-state index contributed by atoms with van der Waals surface area (Å²) in [7, 11) is -3.00. The molecule has 0 saturated carbocycles. The Labute approximate surface area is 230 Å². The summed E-state index contributed by atoms with van der Waals surface area (Å²) in [5, 5.41) is -0.442. The predicted octanol–water partition coefficient (Wildman–Crippen LogP) is 5.80. The second-order valence-electron chi connectivity index (χ2n) is 8.59. The van der Waals surface area contributed by atoms with E-state index in [-0.39, 0.29) is 55.3 Å². The van der Waals surface area contributed by atoms with Gasteiger partial charge in [0.25, 0.3) is 0 Å². The molecule has 0 atom stereocenters. The molecule has 1 aromatic heterocycles. The molecule has 2 aromatic rings. The van der Waals surface area contributed by atoms with Crippen LogP contribution in [0, 0.1) is 5.92 Å². The van der Waals surface area contributed by atoms with Crippen LogP contribution in [0.2, 0.25) is 5.02 Å². The number of alkyl halides is 3. The number of hydrogen-bond donors (Lipinski definition) is 1. The number of carbonyl (C=O) groups excluding carboxylic acids is 1. The standard InChI is InChI=1S/C24H31ClF3N3O7S/c1-5-11-31(23(32)38-39(33,34)30-10-9-16(2)3)21-19(36-13-12-35-4)7-6-8-20(21)37-22-18(25)14-17(15-29-22)24(26,27)28/h6-8,14-16,30H,5,9-13H2,1-4H3. The van der Waals surface area contributed by atoms with Gasteiger partial charge in [-0.05, 0) is 37.0 Å². The number of nitrogens with one attached hydrogen (secondary N) is 1. The Kier molecular flexibility index (Phi) is 12.1. The lowest BCUT2D eigenvalue weighted by Gasteiger charge is -2.26. The zero-order chi connectivity index (χ0) is 29.2. The molecule has 0 radical (unpaired) electrons. The maximum Gasteiger partial charge on any atom is 0.431 e. The van der Waals surface area contributed by atoms with Crippen molar-refractivity contribution in [1.82, 2.24) is 9.71 Å². The van der Waals surface area contributed by atoms with Gasteiger partial charge in [-0.3, -0.25) is 4.90 Å². The zero-order valence-electron chi connectivity index (χ0n) is 21.9. The van der Waals surface area contributed by atoms with Crippen molar-refractivity contribution in [2.75, 3.05) is 38.3 Å². The highest BCUT2D eigenvalue weighted by atomic mass is 35.5. The second-order valence-corrected chi connectivity index (χ2v) is 10.4. The number of rotatable bonds is 14. The minimum atomic E-state index is -4.67. The van der Waals surface area contributed by atoms with Gasteiger partial charge in [-0.25, -0.2) is 9.78 Å². The molecule has 10 nitrogen and oxygen atoms in total. The van der Waals surface area contributed by atoms with Gasteiger partial charge in [0, 0.05) is 26.4 Å². The first kappa shape index (κ1) is 32.4. The molecule has 218 valence electrons. The molecule has 1 amide bonds. The lowest BCUT2D eigenvalue weighted by atomic mass is 10.1. The number of para-hydroxylation sites is 1. The molecule has 39 heavy (non-hydrogen) atoms. The molecule has 0 fully saturated rings. The van der Waals surface area contributed by atoms with Crippen molar-refractivity contribution in [2.45, 2.75) is 39.8 Å². The van der Waals surface area contributed by atoms with Crippen molar-refractivity contribution >= 4 is 33.7 Å². The number of nitrogens with zero attached hydrogens (tertiary/aromatic N) is 2. The smallest absolute Gasteiger partial charge is 0.431 e. The molecule has 0 aliphatic heterocycles. The van der Waals surface area contributed by atoms with E-state index in [1.165, 1.54) is 25.3 Å². The van der Waals surface area contributed by atoms with Crippen molar-refractivity contribution < 1.29 is 44.8 Å². The van der Waals surface area contributed by atoms with Gasteiger partial charge >= 0.3 is 22.6 Å². The highest BCUT2D eigenvalue weighted by Crippen LogP contribution is 2.42. The normalized spacial score (nSPS) is 11.9. The van der Waals surface area contributed by atoms with Gasteiger partial charge in [-0.15, -0.1) is 0 Å². The number of benzene rings is 1.